The van der Waals surface area contributed by atoms with E-state index in [1.54, 1.807) is 24.5 Å². The molecule has 2 N–H and O–H groups in total. The van der Waals surface area contributed by atoms with Gasteiger partial charge in [0.25, 0.3) is 0 Å². The van der Waals surface area contributed by atoms with Crippen LogP contribution in [0, 0.1) is 0 Å². The van der Waals surface area contributed by atoms with Gasteiger partial charge in [0, 0.05) is 18.2 Å². The molecule has 0 spiro atoms. The van der Waals surface area contributed by atoms with Crippen molar-refractivity contribution < 1.29 is 21.8 Å². The maximum atomic E-state index is 10.9. The number of benzene rings is 1. The first kappa shape index (κ1) is 13.5. The Bertz CT molecular complexity index is 526. The number of nitrogens with zero attached hydrogens (tertiary/aromatic N) is 1. The number of hydrogen-bond acceptors (Lipinski definition) is 1. The summed E-state index contributed by atoms with van der Waals surface area (Å²) >= 11 is 6.05. The minimum absolute atomic E-state index is 0. The summed E-state index contributed by atoms with van der Waals surface area (Å²) in [5, 5.41) is 0.652. The summed E-state index contributed by atoms with van der Waals surface area (Å²) in [7, 11) is 0. The quantitative estimate of drug-likeness (QED) is 0.678. The fourth-order valence-electron chi connectivity index (χ4n) is 1.41. The number of para-hydroxylation sites is 1. The Morgan fingerprint density at radius 2 is 1.71 bits per heavy atom. The summed E-state index contributed by atoms with van der Waals surface area (Å²) in [6, 6.07) is 10.8. The minimum atomic E-state index is -0.439. The van der Waals surface area contributed by atoms with Crippen LogP contribution >= 0.6 is 11.6 Å². The molecule has 5 heteroatoms. The fourth-order valence-corrected chi connectivity index (χ4v) is 1.65. The number of primary amides is 1. The highest BCUT2D eigenvalue weighted by Gasteiger charge is 2.10. The second-order valence-electron chi connectivity index (χ2n) is 3.31. The summed E-state index contributed by atoms with van der Waals surface area (Å²) in [5.74, 6) is -0.439. The van der Waals surface area contributed by atoms with Crippen molar-refractivity contribution in [3.8, 4) is 5.69 Å². The van der Waals surface area contributed by atoms with Gasteiger partial charge in [0.05, 0.1) is 5.56 Å². The molecule has 3 nitrogen and oxygen atoms in total. The molecule has 2 rings (SSSR count). The summed E-state index contributed by atoms with van der Waals surface area (Å²) < 4.78 is 1.83. The average molecular weight is 269 g/mol. The van der Waals surface area contributed by atoms with Gasteiger partial charge in [0.1, 0.15) is 5.02 Å². The molecule has 1 heterocycles. The van der Waals surface area contributed by atoms with Crippen molar-refractivity contribution >= 4 is 17.5 Å². The molecule has 88 valence electrons. The molecule has 1 amide bonds. The lowest BCUT2D eigenvalue weighted by Gasteiger charge is -1.98. The van der Waals surface area contributed by atoms with E-state index in [4.69, 9.17) is 17.3 Å². The topological polar surface area (TPSA) is 47.0 Å². The standard InChI is InChI=1S/C12H9ClN2O.ClH/c13-10-3-1-2-4-11(10)15-7-5-9(6-8-15)12(14)16;/h1-8H,(H-,14,16);1H. The minimum Gasteiger partial charge on any atom is -1.00 e. The van der Waals surface area contributed by atoms with E-state index in [0.717, 1.165) is 5.69 Å². The first-order valence-corrected chi connectivity index (χ1v) is 5.12. The number of carbonyl (C=O) groups excluding carboxylic acids is 1. The van der Waals surface area contributed by atoms with Crippen molar-refractivity contribution in [2.24, 2.45) is 5.73 Å². The molecule has 0 saturated heterocycles. The van der Waals surface area contributed by atoms with Crippen LogP contribution in [0.25, 0.3) is 5.69 Å². The molecule has 0 aliphatic carbocycles. The Morgan fingerprint density at radius 1 is 1.12 bits per heavy atom. The summed E-state index contributed by atoms with van der Waals surface area (Å²) in [6.07, 6.45) is 3.50. The van der Waals surface area contributed by atoms with Crippen LogP contribution in [0.5, 0.6) is 0 Å². The Balaban J connectivity index is 0.00000144. The van der Waals surface area contributed by atoms with Crippen LogP contribution < -0.4 is 22.7 Å². The second kappa shape index (κ2) is 5.66. The molecule has 0 aliphatic heterocycles. The monoisotopic (exact) mass is 268 g/mol. The van der Waals surface area contributed by atoms with Crippen LogP contribution in [0.4, 0.5) is 0 Å². The summed E-state index contributed by atoms with van der Waals surface area (Å²) in [6.45, 7) is 0. The largest absolute Gasteiger partial charge is 1.00 e. The Morgan fingerprint density at radius 3 is 2.24 bits per heavy atom. The van der Waals surface area contributed by atoms with Crippen molar-refractivity contribution in [1.82, 2.24) is 0 Å². The number of pyridine rings is 1. The molecule has 1 aromatic carbocycles. The molecule has 0 unspecified atom stereocenters. The molecular weight excluding hydrogens is 259 g/mol. The Hall–Kier alpha value is -1.58. The lowest BCUT2D eigenvalue weighted by atomic mass is 10.2. The molecule has 0 fully saturated rings. The first-order valence-electron chi connectivity index (χ1n) is 4.74. The summed E-state index contributed by atoms with van der Waals surface area (Å²) in [5.41, 5.74) is 6.49. The van der Waals surface area contributed by atoms with Gasteiger partial charge in [-0.1, -0.05) is 23.7 Å². The zero-order chi connectivity index (χ0) is 11.5. The highest BCUT2D eigenvalue weighted by atomic mass is 35.5. The third kappa shape index (κ3) is 2.96. The normalized spacial score (nSPS) is 9.47. The number of hydrogen-bond donors (Lipinski definition) is 1. The van der Waals surface area contributed by atoms with E-state index in [0.29, 0.717) is 10.6 Å². The van der Waals surface area contributed by atoms with Crippen molar-refractivity contribution in [2.45, 2.75) is 0 Å². The van der Waals surface area contributed by atoms with E-state index in [9.17, 15) is 4.79 Å². The molecule has 0 bridgehead atoms. The third-order valence-corrected chi connectivity index (χ3v) is 2.56. The molecule has 0 radical (unpaired) electrons. The van der Waals surface area contributed by atoms with Gasteiger partial charge in [-0.3, -0.25) is 4.79 Å². The average Bonchev–Trinajstić information content (AvgIpc) is 2.30. The fraction of sp³-hybridized carbons (Fsp3) is 0. The van der Waals surface area contributed by atoms with Crippen LogP contribution in [0.3, 0.4) is 0 Å². The van der Waals surface area contributed by atoms with Gasteiger partial charge in [-0.15, -0.1) is 0 Å². The van der Waals surface area contributed by atoms with Gasteiger partial charge in [-0.2, -0.15) is 4.57 Å². The highest BCUT2D eigenvalue weighted by Crippen LogP contribution is 2.14. The van der Waals surface area contributed by atoms with E-state index in [1.165, 1.54) is 0 Å². The molecule has 1 aromatic heterocycles. The van der Waals surface area contributed by atoms with E-state index in [-0.39, 0.29) is 12.4 Å². The van der Waals surface area contributed by atoms with Gasteiger partial charge >= 0.3 is 0 Å². The SMILES string of the molecule is NC(=O)c1cc[n+](-c2ccccc2Cl)cc1.[Cl-]. The lowest BCUT2D eigenvalue weighted by Crippen LogP contribution is -3.00. The first-order chi connectivity index (χ1) is 7.68. The van der Waals surface area contributed by atoms with Gasteiger partial charge in [-0.25, -0.2) is 0 Å². The maximum absolute atomic E-state index is 10.9. The number of amides is 1. The van der Waals surface area contributed by atoms with Crippen molar-refractivity contribution in [1.29, 1.82) is 0 Å². The van der Waals surface area contributed by atoms with E-state index in [2.05, 4.69) is 0 Å². The van der Waals surface area contributed by atoms with Crippen LogP contribution in [0.2, 0.25) is 5.02 Å². The third-order valence-electron chi connectivity index (χ3n) is 2.24. The number of rotatable bonds is 2. The number of nitrogens with two attached hydrogens (primary N) is 1. The Kier molecular flexibility index (Phi) is 4.49. The predicted molar refractivity (Wildman–Crippen MR) is 61.5 cm³/mol. The Labute approximate surface area is 110 Å². The summed E-state index contributed by atoms with van der Waals surface area (Å²) in [4.78, 5) is 10.9. The predicted octanol–water partition coefficient (Wildman–Crippen LogP) is -1.28. The van der Waals surface area contributed by atoms with Crippen molar-refractivity contribution in [2.75, 3.05) is 0 Å². The van der Waals surface area contributed by atoms with E-state index >= 15 is 0 Å². The number of aromatic nitrogens is 1. The van der Waals surface area contributed by atoms with Crippen LogP contribution in [0.15, 0.2) is 48.8 Å². The van der Waals surface area contributed by atoms with Gasteiger partial charge in [0.2, 0.25) is 11.6 Å². The van der Waals surface area contributed by atoms with Gasteiger partial charge in [-0.05, 0) is 6.07 Å². The van der Waals surface area contributed by atoms with Crippen molar-refractivity contribution in [3.63, 3.8) is 0 Å². The molecule has 0 atom stereocenters. The van der Waals surface area contributed by atoms with Crippen LogP contribution in [-0.4, -0.2) is 5.91 Å². The molecule has 0 aliphatic rings. The molecule has 0 saturated carbocycles. The van der Waals surface area contributed by atoms with Gasteiger partial charge < -0.3 is 18.1 Å². The van der Waals surface area contributed by atoms with E-state index in [1.807, 2.05) is 28.8 Å². The van der Waals surface area contributed by atoms with E-state index < -0.39 is 5.91 Å². The molecular formula is C12H10Cl2N2O. The zero-order valence-corrected chi connectivity index (χ0v) is 10.3. The van der Waals surface area contributed by atoms with Crippen LogP contribution in [-0.2, 0) is 0 Å². The number of carbonyl (C=O) groups is 1. The second-order valence-corrected chi connectivity index (χ2v) is 3.72. The lowest BCUT2D eigenvalue weighted by molar-refractivity contribution is -0.595. The zero-order valence-electron chi connectivity index (χ0n) is 8.81. The molecule has 2 aromatic rings. The maximum Gasteiger partial charge on any atom is 0.249 e. The van der Waals surface area contributed by atoms with Crippen molar-refractivity contribution in [3.05, 3.63) is 59.4 Å². The highest BCUT2D eigenvalue weighted by molar-refractivity contribution is 6.32. The van der Waals surface area contributed by atoms with Crippen LogP contribution in [0.1, 0.15) is 10.4 Å². The van der Waals surface area contributed by atoms with Gasteiger partial charge in [0.15, 0.2) is 12.4 Å². The molecule has 17 heavy (non-hydrogen) atoms. The smallest absolute Gasteiger partial charge is 0.249 e. The number of halogens is 2.